The summed E-state index contributed by atoms with van der Waals surface area (Å²) in [6.07, 6.45) is 2.23. The summed E-state index contributed by atoms with van der Waals surface area (Å²) in [5.41, 5.74) is 4.79. The standard InChI is InChI=1S/C25H24N2O4/c1-17-9-11-19(12-10-17)21-15-22(23-8-5-13-30-23)27(26-21)24(28)16-31-25(29)14-20-7-4-3-6-18(20)2/h3-13,22H,14-16H2,1-2H3/t22-/m1/s1. The summed E-state index contributed by atoms with van der Waals surface area (Å²) in [5.74, 6) is -0.189. The first-order valence-corrected chi connectivity index (χ1v) is 10.2. The number of hydrazone groups is 1. The Morgan fingerprint density at radius 1 is 1.06 bits per heavy atom. The molecule has 0 radical (unpaired) electrons. The third-order valence-corrected chi connectivity index (χ3v) is 5.37. The fourth-order valence-electron chi connectivity index (χ4n) is 3.59. The smallest absolute Gasteiger partial charge is 0.310 e. The van der Waals surface area contributed by atoms with Crippen LogP contribution in [-0.2, 0) is 20.7 Å². The van der Waals surface area contributed by atoms with Crippen LogP contribution in [0, 0.1) is 13.8 Å². The number of hydrogen-bond acceptors (Lipinski definition) is 5. The van der Waals surface area contributed by atoms with Gasteiger partial charge in [0.15, 0.2) is 6.61 Å². The third-order valence-electron chi connectivity index (χ3n) is 5.37. The van der Waals surface area contributed by atoms with Gasteiger partial charge in [-0.3, -0.25) is 9.59 Å². The maximum absolute atomic E-state index is 12.9. The monoisotopic (exact) mass is 416 g/mol. The molecule has 0 spiro atoms. The van der Waals surface area contributed by atoms with Gasteiger partial charge in [-0.1, -0.05) is 54.1 Å². The Balaban J connectivity index is 1.46. The van der Waals surface area contributed by atoms with Crippen molar-refractivity contribution in [1.29, 1.82) is 0 Å². The van der Waals surface area contributed by atoms with Crippen LogP contribution in [-0.4, -0.2) is 29.2 Å². The van der Waals surface area contributed by atoms with Crippen LogP contribution in [0.1, 0.15) is 40.5 Å². The number of carbonyl (C=O) groups excluding carboxylic acids is 2. The van der Waals surface area contributed by atoms with Gasteiger partial charge in [0.2, 0.25) is 0 Å². The van der Waals surface area contributed by atoms with Crippen LogP contribution < -0.4 is 0 Å². The molecule has 0 fully saturated rings. The number of carbonyl (C=O) groups is 2. The predicted molar refractivity (Wildman–Crippen MR) is 116 cm³/mol. The molecule has 6 heteroatoms. The van der Waals surface area contributed by atoms with E-state index in [1.54, 1.807) is 12.3 Å². The van der Waals surface area contributed by atoms with Crippen LogP contribution in [0.2, 0.25) is 0 Å². The van der Waals surface area contributed by atoms with Crippen LogP contribution in [0.4, 0.5) is 0 Å². The van der Waals surface area contributed by atoms with Gasteiger partial charge in [-0.05, 0) is 42.7 Å². The molecule has 0 bridgehead atoms. The zero-order valence-electron chi connectivity index (χ0n) is 17.6. The minimum atomic E-state index is -0.445. The van der Waals surface area contributed by atoms with Gasteiger partial charge in [0, 0.05) is 6.42 Å². The SMILES string of the molecule is Cc1ccc(C2=NN(C(=O)COC(=O)Cc3ccccc3C)[C@@H](c3ccco3)C2)cc1. The summed E-state index contributed by atoms with van der Waals surface area (Å²) in [5, 5.41) is 5.92. The summed E-state index contributed by atoms with van der Waals surface area (Å²) in [4.78, 5) is 25.2. The molecular weight excluding hydrogens is 392 g/mol. The Hall–Kier alpha value is -3.67. The summed E-state index contributed by atoms with van der Waals surface area (Å²) >= 11 is 0. The molecule has 0 unspecified atom stereocenters. The lowest BCUT2D eigenvalue weighted by Gasteiger charge is -2.19. The van der Waals surface area contributed by atoms with E-state index < -0.39 is 5.97 Å². The minimum Gasteiger partial charge on any atom is -0.467 e. The molecule has 0 saturated heterocycles. The van der Waals surface area contributed by atoms with Gasteiger partial charge in [0.25, 0.3) is 5.91 Å². The second kappa shape index (κ2) is 9.00. The van der Waals surface area contributed by atoms with Gasteiger partial charge >= 0.3 is 5.97 Å². The van der Waals surface area contributed by atoms with E-state index in [2.05, 4.69) is 5.10 Å². The van der Waals surface area contributed by atoms with Gasteiger partial charge in [-0.25, -0.2) is 5.01 Å². The van der Waals surface area contributed by atoms with E-state index in [0.29, 0.717) is 12.2 Å². The minimum absolute atomic E-state index is 0.124. The van der Waals surface area contributed by atoms with Gasteiger partial charge in [0.1, 0.15) is 11.8 Å². The average molecular weight is 416 g/mol. The van der Waals surface area contributed by atoms with E-state index in [1.165, 1.54) is 5.01 Å². The highest BCUT2D eigenvalue weighted by molar-refractivity contribution is 6.03. The molecule has 0 aliphatic carbocycles. The summed E-state index contributed by atoms with van der Waals surface area (Å²) < 4.78 is 10.8. The van der Waals surface area contributed by atoms with E-state index in [4.69, 9.17) is 9.15 Å². The zero-order chi connectivity index (χ0) is 21.8. The van der Waals surface area contributed by atoms with Crippen LogP contribution in [0.25, 0.3) is 0 Å². The number of nitrogens with zero attached hydrogens (tertiary/aromatic N) is 2. The summed E-state index contributed by atoms with van der Waals surface area (Å²) in [6.45, 7) is 3.59. The maximum Gasteiger partial charge on any atom is 0.310 e. The van der Waals surface area contributed by atoms with Crippen LogP contribution in [0.3, 0.4) is 0 Å². The van der Waals surface area contributed by atoms with E-state index in [0.717, 1.165) is 28.0 Å². The van der Waals surface area contributed by atoms with Crippen molar-refractivity contribution in [3.05, 3.63) is 94.9 Å². The third kappa shape index (κ3) is 4.74. The number of ether oxygens (including phenoxy) is 1. The molecule has 4 rings (SSSR count). The van der Waals surface area contributed by atoms with E-state index in [-0.39, 0.29) is 25.0 Å². The molecule has 1 aliphatic heterocycles. The summed E-state index contributed by atoms with van der Waals surface area (Å²) in [7, 11) is 0. The highest BCUT2D eigenvalue weighted by Gasteiger charge is 2.35. The highest BCUT2D eigenvalue weighted by Crippen LogP contribution is 2.33. The number of benzene rings is 2. The fourth-order valence-corrected chi connectivity index (χ4v) is 3.59. The number of furan rings is 1. The lowest BCUT2D eigenvalue weighted by atomic mass is 10.0. The number of rotatable bonds is 6. The summed E-state index contributed by atoms with van der Waals surface area (Å²) in [6, 6.07) is 18.8. The molecule has 0 saturated carbocycles. The highest BCUT2D eigenvalue weighted by atomic mass is 16.5. The Kier molecular flexibility index (Phi) is 5.98. The van der Waals surface area contributed by atoms with Crippen molar-refractivity contribution in [1.82, 2.24) is 5.01 Å². The topological polar surface area (TPSA) is 72.1 Å². The number of aryl methyl sites for hydroxylation is 2. The fraction of sp³-hybridized carbons (Fsp3) is 0.240. The van der Waals surface area contributed by atoms with Crippen LogP contribution in [0.15, 0.2) is 76.4 Å². The van der Waals surface area contributed by atoms with Crippen LogP contribution >= 0.6 is 0 Å². The van der Waals surface area contributed by atoms with Gasteiger partial charge in [-0.2, -0.15) is 5.10 Å². The molecule has 3 aromatic rings. The molecular formula is C25H24N2O4. The Labute approximate surface area is 181 Å². The molecule has 0 N–H and O–H groups in total. The van der Waals surface area contributed by atoms with Crippen molar-refractivity contribution in [2.75, 3.05) is 6.61 Å². The number of esters is 1. The molecule has 1 amide bonds. The second-order valence-electron chi connectivity index (χ2n) is 7.65. The van der Waals surface area contributed by atoms with E-state index in [9.17, 15) is 9.59 Å². The molecule has 2 heterocycles. The first-order valence-electron chi connectivity index (χ1n) is 10.2. The average Bonchev–Trinajstić information content (AvgIpc) is 3.44. The van der Waals surface area contributed by atoms with Gasteiger partial charge < -0.3 is 9.15 Å². The largest absolute Gasteiger partial charge is 0.467 e. The molecule has 1 atom stereocenters. The Morgan fingerprint density at radius 2 is 1.84 bits per heavy atom. The Bertz CT molecular complexity index is 1100. The van der Waals surface area contributed by atoms with E-state index >= 15 is 0 Å². The van der Waals surface area contributed by atoms with Crippen molar-refractivity contribution in [3.63, 3.8) is 0 Å². The van der Waals surface area contributed by atoms with Crippen molar-refractivity contribution >= 4 is 17.6 Å². The van der Waals surface area contributed by atoms with Crippen LogP contribution in [0.5, 0.6) is 0 Å². The molecule has 1 aromatic heterocycles. The van der Waals surface area contributed by atoms with Crippen molar-refractivity contribution < 1.29 is 18.7 Å². The van der Waals surface area contributed by atoms with Gasteiger partial charge in [-0.15, -0.1) is 0 Å². The molecule has 158 valence electrons. The van der Waals surface area contributed by atoms with Gasteiger partial charge in [0.05, 0.1) is 18.4 Å². The predicted octanol–water partition coefficient (Wildman–Crippen LogP) is 4.36. The second-order valence-corrected chi connectivity index (χ2v) is 7.65. The molecule has 6 nitrogen and oxygen atoms in total. The first kappa shape index (κ1) is 20.6. The van der Waals surface area contributed by atoms with Crippen molar-refractivity contribution in [2.24, 2.45) is 5.10 Å². The number of amides is 1. The quantitative estimate of drug-likeness (QED) is 0.560. The molecule has 31 heavy (non-hydrogen) atoms. The normalized spacial score (nSPS) is 15.6. The first-order chi connectivity index (χ1) is 15.0. The molecule has 2 aromatic carbocycles. The van der Waals surface area contributed by atoms with E-state index in [1.807, 2.05) is 68.4 Å². The lowest BCUT2D eigenvalue weighted by molar-refractivity contribution is -0.152. The lowest BCUT2D eigenvalue weighted by Crippen LogP contribution is -2.31. The van der Waals surface area contributed by atoms with Crippen molar-refractivity contribution in [3.8, 4) is 0 Å². The maximum atomic E-state index is 12.9. The zero-order valence-corrected chi connectivity index (χ0v) is 17.6. The molecule has 1 aliphatic rings. The number of hydrogen-bond donors (Lipinski definition) is 0. The van der Waals surface area contributed by atoms with Crippen molar-refractivity contribution in [2.45, 2.75) is 32.7 Å². The Morgan fingerprint density at radius 3 is 2.55 bits per heavy atom.